The number of nitrogens with zero attached hydrogens (tertiary/aromatic N) is 2. The number of nitro groups is 1. The van der Waals surface area contributed by atoms with Gasteiger partial charge in [0.1, 0.15) is 0 Å². The van der Waals surface area contributed by atoms with E-state index in [2.05, 4.69) is 49.9 Å². The predicted molar refractivity (Wildman–Crippen MR) is 98.0 cm³/mol. The zero-order valence-corrected chi connectivity index (χ0v) is 15.0. The van der Waals surface area contributed by atoms with Gasteiger partial charge in [-0.2, -0.15) is 0 Å². The van der Waals surface area contributed by atoms with Crippen molar-refractivity contribution in [3.63, 3.8) is 0 Å². The van der Waals surface area contributed by atoms with Crippen LogP contribution < -0.4 is 5.32 Å². The van der Waals surface area contributed by atoms with E-state index in [4.69, 9.17) is 0 Å². The average molecular weight is 327 g/mol. The third-order valence-corrected chi connectivity index (χ3v) is 4.95. The largest absolute Gasteiger partial charge is 0.350 e. The highest BCUT2D eigenvalue weighted by Crippen LogP contribution is 2.37. The van der Waals surface area contributed by atoms with Crippen LogP contribution in [0.2, 0.25) is 0 Å². The Morgan fingerprint density at radius 3 is 2.67 bits per heavy atom. The Morgan fingerprint density at radius 1 is 1.33 bits per heavy atom. The van der Waals surface area contributed by atoms with Crippen molar-refractivity contribution in [3.05, 3.63) is 46.1 Å². The molecule has 24 heavy (non-hydrogen) atoms. The van der Waals surface area contributed by atoms with Crippen LogP contribution in [0.4, 0.5) is 5.69 Å². The first-order valence-electron chi connectivity index (χ1n) is 8.37. The molecule has 0 saturated heterocycles. The number of rotatable bonds is 2. The molecule has 128 valence electrons. The molecule has 3 rings (SSSR count). The minimum absolute atomic E-state index is 0.127. The second kappa shape index (κ2) is 5.74. The van der Waals surface area contributed by atoms with Gasteiger partial charge in [-0.3, -0.25) is 10.1 Å². The van der Waals surface area contributed by atoms with Gasteiger partial charge in [0.05, 0.1) is 4.92 Å². The van der Waals surface area contributed by atoms with Gasteiger partial charge in [0.15, 0.2) is 0 Å². The van der Waals surface area contributed by atoms with E-state index in [0.29, 0.717) is 5.92 Å². The summed E-state index contributed by atoms with van der Waals surface area (Å²) in [5.74, 6) is 0.369. The molecule has 2 heterocycles. The lowest BCUT2D eigenvalue weighted by Crippen LogP contribution is -2.44. The summed E-state index contributed by atoms with van der Waals surface area (Å²) < 4.78 is 2.05. The Labute approximate surface area is 142 Å². The Balaban J connectivity index is 2.18. The van der Waals surface area contributed by atoms with Gasteiger partial charge in [0.25, 0.3) is 5.69 Å². The number of fused-ring (bicyclic) bond motifs is 1. The molecule has 0 radical (unpaired) electrons. The lowest BCUT2D eigenvalue weighted by molar-refractivity contribution is -0.384. The molecular formula is C19H25N3O2. The molecule has 2 atom stereocenters. The lowest BCUT2D eigenvalue weighted by atomic mass is 9.79. The van der Waals surface area contributed by atoms with Gasteiger partial charge >= 0.3 is 0 Å². The molecule has 5 heteroatoms. The lowest BCUT2D eigenvalue weighted by Gasteiger charge is -2.36. The fourth-order valence-electron chi connectivity index (χ4n) is 3.45. The Morgan fingerprint density at radius 2 is 2.04 bits per heavy atom. The molecule has 2 aromatic rings. The van der Waals surface area contributed by atoms with Gasteiger partial charge in [0, 0.05) is 54.4 Å². The fraction of sp³-hybridized carbons (Fsp3) is 0.474. The van der Waals surface area contributed by atoms with E-state index in [1.807, 2.05) is 13.1 Å². The van der Waals surface area contributed by atoms with E-state index in [1.165, 1.54) is 5.57 Å². The van der Waals surface area contributed by atoms with Crippen LogP contribution in [-0.2, 0) is 7.05 Å². The molecule has 0 saturated carbocycles. The van der Waals surface area contributed by atoms with Crippen LogP contribution in [0.1, 0.15) is 33.3 Å². The van der Waals surface area contributed by atoms with Gasteiger partial charge in [-0.25, -0.2) is 0 Å². The number of nitro benzene ring substituents is 1. The molecule has 1 aliphatic heterocycles. The van der Waals surface area contributed by atoms with E-state index in [0.717, 1.165) is 23.0 Å². The molecule has 0 amide bonds. The number of non-ortho nitro benzene ring substituents is 1. The van der Waals surface area contributed by atoms with Crippen molar-refractivity contribution in [2.45, 2.75) is 33.7 Å². The average Bonchev–Trinajstić information content (AvgIpc) is 2.83. The van der Waals surface area contributed by atoms with E-state index in [1.54, 1.807) is 12.1 Å². The van der Waals surface area contributed by atoms with Crippen molar-refractivity contribution < 1.29 is 4.92 Å². The summed E-state index contributed by atoms with van der Waals surface area (Å²) in [5.41, 5.74) is 3.68. The summed E-state index contributed by atoms with van der Waals surface area (Å²) in [6.45, 7) is 9.79. The van der Waals surface area contributed by atoms with Crippen LogP contribution in [0, 0.1) is 21.4 Å². The first kappa shape index (κ1) is 16.7. The van der Waals surface area contributed by atoms with Gasteiger partial charge < -0.3 is 9.88 Å². The first-order chi connectivity index (χ1) is 11.2. The van der Waals surface area contributed by atoms with E-state index in [-0.39, 0.29) is 22.1 Å². The highest BCUT2D eigenvalue weighted by atomic mass is 16.6. The number of aryl methyl sites for hydroxylation is 1. The van der Waals surface area contributed by atoms with E-state index >= 15 is 0 Å². The van der Waals surface area contributed by atoms with Gasteiger partial charge in [0.2, 0.25) is 0 Å². The molecule has 1 aliphatic rings. The molecule has 0 aliphatic carbocycles. The minimum Gasteiger partial charge on any atom is -0.350 e. The first-order valence-corrected chi connectivity index (χ1v) is 8.37. The molecule has 1 aromatic carbocycles. The quantitative estimate of drug-likeness (QED) is 0.666. The Bertz CT molecular complexity index is 827. The smallest absolute Gasteiger partial charge is 0.270 e. The third kappa shape index (κ3) is 2.84. The Hall–Kier alpha value is -2.14. The zero-order chi connectivity index (χ0) is 17.6. The number of benzene rings is 1. The second-order valence-corrected chi connectivity index (χ2v) is 7.89. The zero-order valence-electron chi connectivity index (χ0n) is 15.0. The maximum absolute atomic E-state index is 11.2. The molecule has 0 fully saturated rings. The minimum atomic E-state index is -0.325. The standard InChI is InChI=1S/C19H25N3O2/c1-12-10-20-18(19(2,3)4)9-14(12)16-11-21(5)17-7-6-13(22(23)24)8-15(16)17/h6-9,11-12,18,20H,10H2,1-5H3. The molecular weight excluding hydrogens is 302 g/mol. The van der Waals surface area contributed by atoms with E-state index < -0.39 is 0 Å². The van der Waals surface area contributed by atoms with Gasteiger partial charge in [-0.05, 0) is 23.0 Å². The van der Waals surface area contributed by atoms with Gasteiger partial charge in [-0.15, -0.1) is 0 Å². The molecule has 2 unspecified atom stereocenters. The summed E-state index contributed by atoms with van der Waals surface area (Å²) in [4.78, 5) is 10.8. The number of hydrogen-bond donors (Lipinski definition) is 1. The molecule has 1 N–H and O–H groups in total. The van der Waals surface area contributed by atoms with Crippen LogP contribution >= 0.6 is 0 Å². The maximum Gasteiger partial charge on any atom is 0.270 e. The van der Waals surface area contributed by atoms with Crippen molar-refractivity contribution in [2.24, 2.45) is 18.4 Å². The van der Waals surface area contributed by atoms with Crippen molar-refractivity contribution >= 4 is 22.2 Å². The topological polar surface area (TPSA) is 60.1 Å². The fourth-order valence-corrected chi connectivity index (χ4v) is 3.45. The van der Waals surface area contributed by atoms with Crippen LogP contribution in [0.25, 0.3) is 16.5 Å². The van der Waals surface area contributed by atoms with Crippen LogP contribution in [0.5, 0.6) is 0 Å². The number of aromatic nitrogens is 1. The van der Waals surface area contributed by atoms with Crippen molar-refractivity contribution in [3.8, 4) is 0 Å². The highest BCUT2D eigenvalue weighted by Gasteiger charge is 2.29. The van der Waals surface area contributed by atoms with Crippen LogP contribution in [-0.4, -0.2) is 22.1 Å². The molecule has 0 bridgehead atoms. The molecule has 0 spiro atoms. The van der Waals surface area contributed by atoms with Crippen molar-refractivity contribution in [2.75, 3.05) is 6.54 Å². The second-order valence-electron chi connectivity index (χ2n) is 7.89. The highest BCUT2D eigenvalue weighted by molar-refractivity contribution is 5.95. The van der Waals surface area contributed by atoms with E-state index in [9.17, 15) is 10.1 Å². The van der Waals surface area contributed by atoms with Crippen LogP contribution in [0.15, 0.2) is 30.5 Å². The Kier molecular flexibility index (Phi) is 4.00. The number of nitrogens with one attached hydrogen (secondary N) is 1. The summed E-state index contributed by atoms with van der Waals surface area (Å²) in [6, 6.07) is 5.40. The van der Waals surface area contributed by atoms with Crippen molar-refractivity contribution in [1.82, 2.24) is 9.88 Å². The maximum atomic E-state index is 11.2. The molecule has 5 nitrogen and oxygen atoms in total. The van der Waals surface area contributed by atoms with Crippen LogP contribution in [0.3, 0.4) is 0 Å². The predicted octanol–water partition coefficient (Wildman–Crippen LogP) is 4.12. The summed E-state index contributed by atoms with van der Waals surface area (Å²) >= 11 is 0. The molecule has 1 aromatic heterocycles. The normalized spacial score (nSPS) is 21.8. The summed E-state index contributed by atoms with van der Waals surface area (Å²) in [7, 11) is 1.99. The third-order valence-electron chi connectivity index (χ3n) is 4.95. The monoisotopic (exact) mass is 327 g/mol. The SMILES string of the molecule is CC1CNC(C(C)(C)C)C=C1c1cn(C)c2ccc([N+](=O)[O-])cc12. The van der Waals surface area contributed by atoms with Gasteiger partial charge in [-0.1, -0.05) is 33.8 Å². The summed E-state index contributed by atoms with van der Waals surface area (Å²) in [6.07, 6.45) is 4.41. The number of hydrogen-bond acceptors (Lipinski definition) is 3. The summed E-state index contributed by atoms with van der Waals surface area (Å²) in [5, 5.41) is 15.7. The van der Waals surface area contributed by atoms with Crippen molar-refractivity contribution in [1.29, 1.82) is 0 Å².